The summed E-state index contributed by atoms with van der Waals surface area (Å²) < 4.78 is 0. The molecular formula is C13H15N3S2. The molecule has 0 atom stereocenters. The first-order valence-electron chi connectivity index (χ1n) is 5.56. The highest BCUT2D eigenvalue weighted by Crippen LogP contribution is 2.22. The fourth-order valence-corrected chi connectivity index (χ4v) is 2.53. The van der Waals surface area contributed by atoms with Crippen LogP contribution < -0.4 is 10.6 Å². The van der Waals surface area contributed by atoms with Crippen molar-refractivity contribution in [2.24, 2.45) is 5.73 Å². The molecule has 0 fully saturated rings. The van der Waals surface area contributed by atoms with Crippen molar-refractivity contribution >= 4 is 34.2 Å². The standard InChI is InChI=1S/C13H15N3S2/c1-9-3-4-11(13(14)17)12(5-9)16(2)6-10-7-18-8-15-10/h3-5,7-8H,6H2,1-2H3,(H2,14,17). The molecule has 0 aliphatic heterocycles. The van der Waals surface area contributed by atoms with Gasteiger partial charge in [0.15, 0.2) is 0 Å². The summed E-state index contributed by atoms with van der Waals surface area (Å²) in [6, 6.07) is 6.10. The number of thiocarbonyl (C=S) groups is 1. The first-order chi connectivity index (χ1) is 8.58. The van der Waals surface area contributed by atoms with Gasteiger partial charge in [-0.1, -0.05) is 18.3 Å². The van der Waals surface area contributed by atoms with E-state index in [2.05, 4.69) is 22.9 Å². The van der Waals surface area contributed by atoms with E-state index in [1.807, 2.05) is 30.1 Å². The molecule has 5 heteroatoms. The third-order valence-corrected chi connectivity index (χ3v) is 3.57. The van der Waals surface area contributed by atoms with Gasteiger partial charge in [-0.15, -0.1) is 11.3 Å². The number of aryl methyl sites for hydroxylation is 1. The Hall–Kier alpha value is -1.46. The molecule has 1 aromatic carbocycles. The quantitative estimate of drug-likeness (QED) is 0.873. The van der Waals surface area contributed by atoms with Crippen LogP contribution in [0.5, 0.6) is 0 Å². The second-order valence-corrected chi connectivity index (χ2v) is 5.38. The summed E-state index contributed by atoms with van der Waals surface area (Å²) >= 11 is 6.70. The maximum atomic E-state index is 5.77. The SMILES string of the molecule is Cc1ccc(C(N)=S)c(N(C)Cc2cscn2)c1. The van der Waals surface area contributed by atoms with Gasteiger partial charge in [0, 0.05) is 23.7 Å². The second-order valence-electron chi connectivity index (χ2n) is 4.22. The lowest BCUT2D eigenvalue weighted by Gasteiger charge is -2.21. The molecule has 0 aliphatic rings. The van der Waals surface area contributed by atoms with Gasteiger partial charge in [0.05, 0.1) is 17.7 Å². The number of nitrogens with two attached hydrogens (primary N) is 1. The summed E-state index contributed by atoms with van der Waals surface area (Å²) in [5.74, 6) is 0. The van der Waals surface area contributed by atoms with Gasteiger partial charge < -0.3 is 10.6 Å². The average Bonchev–Trinajstić information content (AvgIpc) is 2.81. The van der Waals surface area contributed by atoms with Crippen molar-refractivity contribution in [1.29, 1.82) is 0 Å². The molecule has 0 saturated heterocycles. The third-order valence-electron chi connectivity index (χ3n) is 2.71. The molecule has 3 nitrogen and oxygen atoms in total. The molecule has 0 spiro atoms. The zero-order valence-electron chi connectivity index (χ0n) is 10.4. The van der Waals surface area contributed by atoms with E-state index in [1.54, 1.807) is 11.3 Å². The summed E-state index contributed by atoms with van der Waals surface area (Å²) in [7, 11) is 2.02. The topological polar surface area (TPSA) is 42.1 Å². The Morgan fingerprint density at radius 2 is 2.28 bits per heavy atom. The minimum absolute atomic E-state index is 0.426. The van der Waals surface area contributed by atoms with Gasteiger partial charge in [-0.25, -0.2) is 4.98 Å². The first-order valence-corrected chi connectivity index (χ1v) is 6.91. The van der Waals surface area contributed by atoms with Gasteiger partial charge in [-0.2, -0.15) is 0 Å². The normalized spacial score (nSPS) is 10.3. The van der Waals surface area contributed by atoms with Crippen LogP contribution in [0.25, 0.3) is 0 Å². The van der Waals surface area contributed by atoms with Crippen molar-refractivity contribution in [1.82, 2.24) is 4.98 Å². The van der Waals surface area contributed by atoms with Gasteiger partial charge in [0.2, 0.25) is 0 Å². The lowest BCUT2D eigenvalue weighted by Crippen LogP contribution is -2.21. The van der Waals surface area contributed by atoms with Gasteiger partial charge in [-0.05, 0) is 24.6 Å². The van der Waals surface area contributed by atoms with Crippen LogP contribution in [-0.2, 0) is 6.54 Å². The van der Waals surface area contributed by atoms with Crippen LogP contribution in [0, 0.1) is 6.92 Å². The summed E-state index contributed by atoms with van der Waals surface area (Å²) in [4.78, 5) is 6.84. The molecule has 2 N–H and O–H groups in total. The Labute approximate surface area is 116 Å². The molecule has 0 saturated carbocycles. The zero-order chi connectivity index (χ0) is 13.1. The van der Waals surface area contributed by atoms with E-state index in [-0.39, 0.29) is 0 Å². The van der Waals surface area contributed by atoms with E-state index in [1.165, 1.54) is 5.56 Å². The minimum Gasteiger partial charge on any atom is -0.389 e. The Morgan fingerprint density at radius 1 is 1.50 bits per heavy atom. The van der Waals surface area contributed by atoms with Crippen LogP contribution in [0.4, 0.5) is 5.69 Å². The van der Waals surface area contributed by atoms with E-state index in [0.29, 0.717) is 4.99 Å². The molecular weight excluding hydrogens is 262 g/mol. The van der Waals surface area contributed by atoms with Crippen molar-refractivity contribution in [3.8, 4) is 0 Å². The molecule has 2 rings (SSSR count). The molecule has 0 amide bonds. The van der Waals surface area contributed by atoms with E-state index < -0.39 is 0 Å². The largest absolute Gasteiger partial charge is 0.389 e. The Balaban J connectivity index is 2.31. The van der Waals surface area contributed by atoms with Crippen molar-refractivity contribution in [2.75, 3.05) is 11.9 Å². The number of nitrogens with zero attached hydrogens (tertiary/aromatic N) is 2. The van der Waals surface area contributed by atoms with Crippen molar-refractivity contribution < 1.29 is 0 Å². The van der Waals surface area contributed by atoms with Crippen molar-refractivity contribution in [3.05, 3.63) is 45.9 Å². The van der Waals surface area contributed by atoms with Crippen LogP contribution in [0.2, 0.25) is 0 Å². The van der Waals surface area contributed by atoms with Crippen LogP contribution in [-0.4, -0.2) is 17.0 Å². The number of hydrogen-bond acceptors (Lipinski definition) is 4. The molecule has 1 aromatic heterocycles. The van der Waals surface area contributed by atoms with E-state index in [4.69, 9.17) is 18.0 Å². The second kappa shape index (κ2) is 5.46. The number of hydrogen-bond donors (Lipinski definition) is 1. The molecule has 2 aromatic rings. The first kappa shape index (κ1) is 13.0. The van der Waals surface area contributed by atoms with Crippen LogP contribution in [0.15, 0.2) is 29.1 Å². The Bertz CT molecular complexity index is 549. The van der Waals surface area contributed by atoms with E-state index in [0.717, 1.165) is 23.5 Å². The molecule has 0 radical (unpaired) electrons. The summed E-state index contributed by atoms with van der Waals surface area (Å²) in [6.45, 7) is 2.81. The van der Waals surface area contributed by atoms with Gasteiger partial charge in [0.25, 0.3) is 0 Å². The number of aromatic nitrogens is 1. The maximum absolute atomic E-state index is 5.77. The Morgan fingerprint density at radius 3 is 2.89 bits per heavy atom. The van der Waals surface area contributed by atoms with Crippen LogP contribution in [0.1, 0.15) is 16.8 Å². The monoisotopic (exact) mass is 277 g/mol. The predicted molar refractivity (Wildman–Crippen MR) is 81.3 cm³/mol. The van der Waals surface area contributed by atoms with Gasteiger partial charge in [0.1, 0.15) is 4.99 Å². The lowest BCUT2D eigenvalue weighted by atomic mass is 10.1. The lowest BCUT2D eigenvalue weighted by molar-refractivity contribution is 0.893. The zero-order valence-corrected chi connectivity index (χ0v) is 12.0. The molecule has 0 aliphatic carbocycles. The summed E-state index contributed by atoms with van der Waals surface area (Å²) in [5, 5.41) is 2.05. The molecule has 0 unspecified atom stereocenters. The highest BCUT2D eigenvalue weighted by Gasteiger charge is 2.11. The molecule has 0 bridgehead atoms. The highest BCUT2D eigenvalue weighted by molar-refractivity contribution is 7.80. The molecule has 1 heterocycles. The fraction of sp³-hybridized carbons (Fsp3) is 0.231. The number of thiazole rings is 1. The summed E-state index contributed by atoms with van der Waals surface area (Å²) in [6.07, 6.45) is 0. The fourth-order valence-electron chi connectivity index (χ4n) is 1.81. The smallest absolute Gasteiger partial charge is 0.106 e. The average molecular weight is 277 g/mol. The van der Waals surface area contributed by atoms with Crippen molar-refractivity contribution in [3.63, 3.8) is 0 Å². The third kappa shape index (κ3) is 2.86. The number of anilines is 1. The van der Waals surface area contributed by atoms with Crippen LogP contribution in [0.3, 0.4) is 0 Å². The molecule has 94 valence electrons. The van der Waals surface area contributed by atoms with Gasteiger partial charge >= 0.3 is 0 Å². The summed E-state index contributed by atoms with van der Waals surface area (Å²) in [5.41, 5.74) is 11.8. The van der Waals surface area contributed by atoms with Gasteiger partial charge in [-0.3, -0.25) is 0 Å². The Kier molecular flexibility index (Phi) is 3.93. The highest BCUT2D eigenvalue weighted by atomic mass is 32.1. The predicted octanol–water partition coefficient (Wildman–Crippen LogP) is 2.72. The van der Waals surface area contributed by atoms with E-state index >= 15 is 0 Å². The van der Waals surface area contributed by atoms with E-state index in [9.17, 15) is 0 Å². The number of rotatable bonds is 4. The molecule has 18 heavy (non-hydrogen) atoms. The number of benzene rings is 1. The minimum atomic E-state index is 0.426. The van der Waals surface area contributed by atoms with Crippen molar-refractivity contribution in [2.45, 2.75) is 13.5 Å². The van der Waals surface area contributed by atoms with Crippen LogP contribution >= 0.6 is 23.6 Å². The maximum Gasteiger partial charge on any atom is 0.106 e.